The lowest BCUT2D eigenvalue weighted by molar-refractivity contribution is -0.117. The predicted molar refractivity (Wildman–Crippen MR) is 81.7 cm³/mol. The molecule has 5 heteroatoms. The standard InChI is InChI=1S/C16H21N3O2/c1-5-21-15-7-6-11(2)8-14(15)12(3)19-16(20)13(9-17)10-18-4/h6-8,10,12,18H,5H2,1-4H3,(H,19,20)/b13-10-. The summed E-state index contributed by atoms with van der Waals surface area (Å²) in [7, 11) is 1.64. The van der Waals surface area contributed by atoms with Crippen molar-refractivity contribution < 1.29 is 9.53 Å². The highest BCUT2D eigenvalue weighted by Crippen LogP contribution is 2.26. The molecular formula is C16H21N3O2. The van der Waals surface area contributed by atoms with Crippen molar-refractivity contribution in [3.8, 4) is 11.8 Å². The summed E-state index contributed by atoms with van der Waals surface area (Å²) < 4.78 is 5.59. The first-order valence-electron chi connectivity index (χ1n) is 6.85. The lowest BCUT2D eigenvalue weighted by atomic mass is 10.0. The Labute approximate surface area is 125 Å². The van der Waals surface area contributed by atoms with E-state index in [9.17, 15) is 4.79 Å². The molecule has 0 aromatic heterocycles. The molecule has 0 aliphatic heterocycles. The molecule has 1 amide bonds. The zero-order valence-corrected chi connectivity index (χ0v) is 12.9. The van der Waals surface area contributed by atoms with Gasteiger partial charge in [0.15, 0.2) is 0 Å². The molecule has 1 atom stereocenters. The molecule has 0 heterocycles. The van der Waals surface area contributed by atoms with E-state index >= 15 is 0 Å². The molecule has 2 N–H and O–H groups in total. The summed E-state index contributed by atoms with van der Waals surface area (Å²) in [4.78, 5) is 12.0. The van der Waals surface area contributed by atoms with Crippen molar-refractivity contribution >= 4 is 5.91 Å². The molecule has 1 rings (SSSR count). The van der Waals surface area contributed by atoms with Crippen LogP contribution in [0.25, 0.3) is 0 Å². The number of hydrogen-bond donors (Lipinski definition) is 2. The van der Waals surface area contributed by atoms with Crippen molar-refractivity contribution in [2.24, 2.45) is 0 Å². The van der Waals surface area contributed by atoms with Gasteiger partial charge in [0, 0.05) is 18.8 Å². The fraction of sp³-hybridized carbons (Fsp3) is 0.375. The van der Waals surface area contributed by atoms with Crippen LogP contribution in [0.4, 0.5) is 0 Å². The Morgan fingerprint density at radius 2 is 2.24 bits per heavy atom. The zero-order valence-electron chi connectivity index (χ0n) is 12.9. The number of benzene rings is 1. The number of ether oxygens (including phenoxy) is 1. The van der Waals surface area contributed by atoms with Gasteiger partial charge in [-0.3, -0.25) is 4.79 Å². The number of rotatable bonds is 6. The van der Waals surface area contributed by atoms with E-state index in [1.807, 2.05) is 45.0 Å². The highest BCUT2D eigenvalue weighted by atomic mass is 16.5. The lowest BCUT2D eigenvalue weighted by Gasteiger charge is -2.18. The van der Waals surface area contributed by atoms with Crippen LogP contribution in [0.1, 0.15) is 31.0 Å². The average molecular weight is 287 g/mol. The van der Waals surface area contributed by atoms with Crippen LogP contribution < -0.4 is 15.4 Å². The van der Waals surface area contributed by atoms with Gasteiger partial charge >= 0.3 is 0 Å². The average Bonchev–Trinajstić information content (AvgIpc) is 2.46. The second-order valence-corrected chi connectivity index (χ2v) is 4.63. The van der Waals surface area contributed by atoms with Crippen LogP contribution >= 0.6 is 0 Å². The first-order chi connectivity index (χ1) is 10.0. The Morgan fingerprint density at radius 1 is 1.52 bits per heavy atom. The van der Waals surface area contributed by atoms with Gasteiger partial charge in [-0.25, -0.2) is 0 Å². The number of amides is 1. The number of carbonyl (C=O) groups is 1. The summed E-state index contributed by atoms with van der Waals surface area (Å²) >= 11 is 0. The minimum Gasteiger partial charge on any atom is -0.494 e. The Balaban J connectivity index is 2.96. The molecule has 0 saturated carbocycles. The minimum absolute atomic E-state index is 0.0370. The van der Waals surface area contributed by atoms with E-state index in [4.69, 9.17) is 10.00 Å². The van der Waals surface area contributed by atoms with Crippen molar-refractivity contribution in [3.63, 3.8) is 0 Å². The Hall–Kier alpha value is -2.48. The van der Waals surface area contributed by atoms with Gasteiger partial charge in [-0.05, 0) is 26.8 Å². The second-order valence-electron chi connectivity index (χ2n) is 4.63. The van der Waals surface area contributed by atoms with Crippen molar-refractivity contribution in [3.05, 3.63) is 41.1 Å². The second kappa shape index (κ2) is 7.95. The number of nitrogens with one attached hydrogen (secondary N) is 2. The van der Waals surface area contributed by atoms with Gasteiger partial charge in [-0.1, -0.05) is 17.7 Å². The molecule has 5 nitrogen and oxygen atoms in total. The summed E-state index contributed by atoms with van der Waals surface area (Å²) in [5, 5.41) is 14.4. The van der Waals surface area contributed by atoms with Crippen molar-refractivity contribution in [2.45, 2.75) is 26.8 Å². The molecule has 112 valence electrons. The number of hydrogen-bond acceptors (Lipinski definition) is 4. The van der Waals surface area contributed by atoms with Crippen LogP contribution in [0.2, 0.25) is 0 Å². The number of nitriles is 1. The third-order valence-corrected chi connectivity index (χ3v) is 2.93. The highest BCUT2D eigenvalue weighted by Gasteiger charge is 2.17. The Bertz CT molecular complexity index is 573. The van der Waals surface area contributed by atoms with Gasteiger partial charge in [0.25, 0.3) is 5.91 Å². The fourth-order valence-electron chi connectivity index (χ4n) is 1.94. The topological polar surface area (TPSA) is 74.1 Å². The maximum absolute atomic E-state index is 12.0. The van der Waals surface area contributed by atoms with Crippen molar-refractivity contribution in [1.82, 2.24) is 10.6 Å². The summed E-state index contributed by atoms with van der Waals surface area (Å²) in [6, 6.07) is 7.44. The maximum Gasteiger partial charge on any atom is 0.263 e. The van der Waals surface area contributed by atoms with E-state index in [2.05, 4.69) is 10.6 Å². The highest BCUT2D eigenvalue weighted by molar-refractivity contribution is 5.97. The third kappa shape index (κ3) is 4.53. The predicted octanol–water partition coefficient (Wildman–Crippen LogP) is 2.20. The van der Waals surface area contributed by atoms with E-state index in [1.54, 1.807) is 7.05 Å². The van der Waals surface area contributed by atoms with Crippen LogP contribution in [0, 0.1) is 18.3 Å². The largest absolute Gasteiger partial charge is 0.494 e. The van der Waals surface area contributed by atoms with Gasteiger partial charge in [-0.2, -0.15) is 5.26 Å². The summed E-state index contributed by atoms with van der Waals surface area (Å²) in [5.74, 6) is 0.329. The molecule has 0 saturated heterocycles. The quantitative estimate of drug-likeness (QED) is 0.621. The molecular weight excluding hydrogens is 266 g/mol. The van der Waals surface area contributed by atoms with Gasteiger partial charge in [0.05, 0.1) is 12.6 Å². The summed E-state index contributed by atoms with van der Waals surface area (Å²) in [6.45, 7) is 6.31. The van der Waals surface area contributed by atoms with Gasteiger partial charge in [0.2, 0.25) is 0 Å². The van der Waals surface area contributed by atoms with E-state index in [0.29, 0.717) is 6.61 Å². The van der Waals surface area contributed by atoms with Crippen LogP contribution in [0.5, 0.6) is 5.75 Å². The fourth-order valence-corrected chi connectivity index (χ4v) is 1.94. The monoisotopic (exact) mass is 287 g/mol. The molecule has 0 spiro atoms. The van der Waals surface area contributed by atoms with Crippen molar-refractivity contribution in [2.75, 3.05) is 13.7 Å². The first kappa shape index (κ1) is 16.6. The number of carbonyl (C=O) groups excluding carboxylic acids is 1. The zero-order chi connectivity index (χ0) is 15.8. The number of aryl methyl sites for hydroxylation is 1. The molecule has 0 radical (unpaired) electrons. The molecule has 0 bridgehead atoms. The molecule has 0 aliphatic carbocycles. The molecule has 1 aromatic carbocycles. The smallest absolute Gasteiger partial charge is 0.263 e. The third-order valence-electron chi connectivity index (χ3n) is 2.93. The van der Waals surface area contributed by atoms with E-state index in [-0.39, 0.29) is 11.6 Å². The van der Waals surface area contributed by atoms with Crippen molar-refractivity contribution in [1.29, 1.82) is 5.26 Å². The molecule has 1 unspecified atom stereocenters. The molecule has 1 aromatic rings. The summed E-state index contributed by atoms with van der Waals surface area (Å²) in [6.07, 6.45) is 1.38. The molecule has 21 heavy (non-hydrogen) atoms. The molecule has 0 aliphatic rings. The normalized spacial score (nSPS) is 12.2. The maximum atomic E-state index is 12.0. The minimum atomic E-state index is -0.414. The Kier molecular flexibility index (Phi) is 6.28. The lowest BCUT2D eigenvalue weighted by Crippen LogP contribution is -2.28. The van der Waals surface area contributed by atoms with Gasteiger partial charge in [-0.15, -0.1) is 0 Å². The number of nitrogens with zero attached hydrogens (tertiary/aromatic N) is 1. The van der Waals surface area contributed by atoms with Crippen LogP contribution in [-0.2, 0) is 4.79 Å². The Morgan fingerprint density at radius 3 is 2.81 bits per heavy atom. The van der Waals surface area contributed by atoms with Crippen LogP contribution in [-0.4, -0.2) is 19.6 Å². The van der Waals surface area contributed by atoms with Gasteiger partial charge < -0.3 is 15.4 Å². The summed E-state index contributed by atoms with van der Waals surface area (Å²) in [5.41, 5.74) is 2.02. The van der Waals surface area contributed by atoms with Gasteiger partial charge in [0.1, 0.15) is 17.4 Å². The van der Waals surface area contributed by atoms with E-state index in [1.165, 1.54) is 6.20 Å². The van der Waals surface area contributed by atoms with E-state index in [0.717, 1.165) is 16.9 Å². The SMILES string of the molecule is CCOc1ccc(C)cc1C(C)NC(=O)/C(C#N)=C\NC. The molecule has 0 fully saturated rings. The first-order valence-corrected chi connectivity index (χ1v) is 6.85. The van der Waals surface area contributed by atoms with Crippen LogP contribution in [0.15, 0.2) is 30.0 Å². The van der Waals surface area contributed by atoms with Crippen LogP contribution in [0.3, 0.4) is 0 Å². The van der Waals surface area contributed by atoms with E-state index < -0.39 is 5.91 Å².